The van der Waals surface area contributed by atoms with Crippen LogP contribution in [0.3, 0.4) is 0 Å². The summed E-state index contributed by atoms with van der Waals surface area (Å²) < 4.78 is 16.0. The van der Waals surface area contributed by atoms with E-state index in [1.54, 1.807) is 43.3 Å². The normalized spacial score (nSPS) is 10.9. The molecule has 0 saturated carbocycles. The second kappa shape index (κ2) is 4.31. The number of halogens is 1. The lowest BCUT2D eigenvalue weighted by Crippen LogP contribution is -1.98. The number of anilines is 1. The highest BCUT2D eigenvalue weighted by molar-refractivity contribution is 5.84. The SMILES string of the molecule is CNc1nccc(-c2ccc3cn(C)nc3c2F)n1. The van der Waals surface area contributed by atoms with Crippen LogP contribution in [-0.4, -0.2) is 26.8 Å². The van der Waals surface area contributed by atoms with Crippen molar-refractivity contribution in [3.05, 3.63) is 36.4 Å². The molecule has 6 heteroatoms. The van der Waals surface area contributed by atoms with E-state index in [-0.39, 0.29) is 5.82 Å². The number of nitrogens with zero attached hydrogens (tertiary/aromatic N) is 4. The first-order valence-electron chi connectivity index (χ1n) is 5.82. The predicted octanol–water partition coefficient (Wildman–Crippen LogP) is 2.21. The van der Waals surface area contributed by atoms with E-state index < -0.39 is 0 Å². The Morgan fingerprint density at radius 2 is 2.11 bits per heavy atom. The summed E-state index contributed by atoms with van der Waals surface area (Å²) >= 11 is 0. The largest absolute Gasteiger partial charge is 0.357 e. The van der Waals surface area contributed by atoms with Crippen molar-refractivity contribution in [2.75, 3.05) is 12.4 Å². The lowest BCUT2D eigenvalue weighted by Gasteiger charge is -2.04. The maximum Gasteiger partial charge on any atom is 0.222 e. The second-order valence-corrected chi connectivity index (χ2v) is 4.18. The highest BCUT2D eigenvalue weighted by atomic mass is 19.1. The van der Waals surface area contributed by atoms with Gasteiger partial charge in [-0.15, -0.1) is 0 Å². The summed E-state index contributed by atoms with van der Waals surface area (Å²) in [6, 6.07) is 5.22. The Balaban J connectivity index is 2.21. The number of benzene rings is 1. The highest BCUT2D eigenvalue weighted by Crippen LogP contribution is 2.27. The molecule has 0 atom stereocenters. The van der Waals surface area contributed by atoms with E-state index in [0.29, 0.717) is 22.7 Å². The number of nitrogens with one attached hydrogen (secondary N) is 1. The van der Waals surface area contributed by atoms with Crippen LogP contribution in [0.4, 0.5) is 10.3 Å². The van der Waals surface area contributed by atoms with E-state index in [1.807, 2.05) is 6.07 Å². The van der Waals surface area contributed by atoms with Crippen molar-refractivity contribution in [2.45, 2.75) is 0 Å². The standard InChI is InChI=1S/C13H12FN5/c1-15-13-16-6-5-10(17-13)9-4-3-8-7-19(2)18-12(8)11(9)14/h3-7H,1-2H3,(H,15,16,17). The fourth-order valence-electron chi connectivity index (χ4n) is 2.00. The minimum absolute atomic E-state index is 0.351. The van der Waals surface area contributed by atoms with Gasteiger partial charge in [0, 0.05) is 37.4 Å². The third-order valence-corrected chi connectivity index (χ3v) is 2.89. The van der Waals surface area contributed by atoms with Gasteiger partial charge >= 0.3 is 0 Å². The van der Waals surface area contributed by atoms with Crippen LogP contribution < -0.4 is 5.32 Å². The van der Waals surface area contributed by atoms with E-state index in [1.165, 1.54) is 0 Å². The van der Waals surface area contributed by atoms with Gasteiger partial charge in [0.05, 0.1) is 5.69 Å². The first kappa shape index (κ1) is 11.6. The maximum atomic E-state index is 14.4. The zero-order valence-corrected chi connectivity index (χ0v) is 10.6. The molecule has 19 heavy (non-hydrogen) atoms. The van der Waals surface area contributed by atoms with Gasteiger partial charge in [0.2, 0.25) is 5.95 Å². The van der Waals surface area contributed by atoms with E-state index in [2.05, 4.69) is 20.4 Å². The number of hydrogen-bond acceptors (Lipinski definition) is 4. The molecule has 0 saturated heterocycles. The molecule has 0 fully saturated rings. The van der Waals surface area contributed by atoms with Crippen LogP contribution in [0.1, 0.15) is 0 Å². The van der Waals surface area contributed by atoms with Crippen LogP contribution in [0.25, 0.3) is 22.2 Å². The fourth-order valence-corrected chi connectivity index (χ4v) is 2.00. The molecule has 1 N–H and O–H groups in total. The second-order valence-electron chi connectivity index (χ2n) is 4.18. The lowest BCUT2D eigenvalue weighted by atomic mass is 10.1. The van der Waals surface area contributed by atoms with Crippen molar-refractivity contribution in [3.8, 4) is 11.3 Å². The third kappa shape index (κ3) is 1.91. The Morgan fingerprint density at radius 3 is 2.89 bits per heavy atom. The number of hydrogen-bond donors (Lipinski definition) is 1. The Labute approximate surface area is 109 Å². The summed E-state index contributed by atoms with van der Waals surface area (Å²) in [6.45, 7) is 0. The molecule has 0 radical (unpaired) electrons. The highest BCUT2D eigenvalue weighted by Gasteiger charge is 2.13. The molecule has 3 aromatic rings. The Morgan fingerprint density at radius 1 is 1.26 bits per heavy atom. The smallest absolute Gasteiger partial charge is 0.222 e. The van der Waals surface area contributed by atoms with Crippen LogP contribution in [0, 0.1) is 5.82 Å². The number of aryl methyl sites for hydroxylation is 1. The zero-order chi connectivity index (χ0) is 13.4. The molecule has 2 aromatic heterocycles. The molecular weight excluding hydrogens is 245 g/mol. The van der Waals surface area contributed by atoms with Crippen molar-refractivity contribution in [3.63, 3.8) is 0 Å². The van der Waals surface area contributed by atoms with Crippen molar-refractivity contribution < 1.29 is 4.39 Å². The average Bonchev–Trinajstić information content (AvgIpc) is 2.81. The minimum atomic E-state index is -0.362. The molecule has 1 aromatic carbocycles. The van der Waals surface area contributed by atoms with E-state index >= 15 is 0 Å². The summed E-state index contributed by atoms with van der Waals surface area (Å²) in [7, 11) is 3.49. The van der Waals surface area contributed by atoms with Gasteiger partial charge in [-0.3, -0.25) is 4.68 Å². The molecule has 0 aliphatic heterocycles. The number of fused-ring (bicyclic) bond motifs is 1. The van der Waals surface area contributed by atoms with Crippen molar-refractivity contribution in [1.29, 1.82) is 0 Å². The van der Waals surface area contributed by atoms with Crippen LogP contribution in [0.5, 0.6) is 0 Å². The Hall–Kier alpha value is -2.50. The van der Waals surface area contributed by atoms with E-state index in [4.69, 9.17) is 0 Å². The predicted molar refractivity (Wildman–Crippen MR) is 71.2 cm³/mol. The van der Waals surface area contributed by atoms with Gasteiger partial charge in [0.15, 0.2) is 5.82 Å². The Kier molecular flexibility index (Phi) is 2.63. The number of rotatable bonds is 2. The van der Waals surface area contributed by atoms with Crippen molar-refractivity contribution >= 4 is 16.9 Å². The molecule has 0 unspecified atom stereocenters. The monoisotopic (exact) mass is 257 g/mol. The van der Waals surface area contributed by atoms with Gasteiger partial charge in [-0.1, -0.05) is 6.07 Å². The zero-order valence-electron chi connectivity index (χ0n) is 10.6. The van der Waals surface area contributed by atoms with E-state index in [0.717, 1.165) is 5.39 Å². The molecule has 0 aliphatic rings. The molecule has 0 amide bonds. The number of aromatic nitrogens is 4. The van der Waals surface area contributed by atoms with Crippen LogP contribution in [0.2, 0.25) is 0 Å². The molecule has 96 valence electrons. The van der Waals surface area contributed by atoms with Crippen molar-refractivity contribution in [2.24, 2.45) is 7.05 Å². The van der Waals surface area contributed by atoms with Gasteiger partial charge < -0.3 is 5.32 Å². The van der Waals surface area contributed by atoms with Gasteiger partial charge in [0.25, 0.3) is 0 Å². The molecule has 2 heterocycles. The van der Waals surface area contributed by atoms with Gasteiger partial charge in [0.1, 0.15) is 5.52 Å². The quantitative estimate of drug-likeness (QED) is 0.764. The third-order valence-electron chi connectivity index (χ3n) is 2.89. The lowest BCUT2D eigenvalue weighted by molar-refractivity contribution is 0.635. The van der Waals surface area contributed by atoms with Crippen LogP contribution >= 0.6 is 0 Å². The topological polar surface area (TPSA) is 55.6 Å². The summed E-state index contributed by atoms with van der Waals surface area (Å²) in [4.78, 5) is 8.25. The fraction of sp³-hybridized carbons (Fsp3) is 0.154. The minimum Gasteiger partial charge on any atom is -0.357 e. The summed E-state index contributed by atoms with van der Waals surface area (Å²) in [6.07, 6.45) is 3.37. The average molecular weight is 257 g/mol. The molecule has 0 aliphatic carbocycles. The van der Waals surface area contributed by atoms with Gasteiger partial charge in [-0.2, -0.15) is 5.10 Å². The summed E-state index contributed by atoms with van der Waals surface area (Å²) in [5.41, 5.74) is 1.30. The van der Waals surface area contributed by atoms with E-state index in [9.17, 15) is 4.39 Å². The molecule has 5 nitrogen and oxygen atoms in total. The van der Waals surface area contributed by atoms with Crippen molar-refractivity contribution in [1.82, 2.24) is 19.7 Å². The van der Waals surface area contributed by atoms with Crippen LogP contribution in [-0.2, 0) is 7.05 Å². The molecule has 0 bridgehead atoms. The first-order valence-corrected chi connectivity index (χ1v) is 5.82. The Bertz CT molecular complexity index is 750. The maximum absolute atomic E-state index is 14.4. The van der Waals surface area contributed by atoms with Crippen LogP contribution in [0.15, 0.2) is 30.6 Å². The summed E-state index contributed by atoms with van der Waals surface area (Å²) in [5, 5.41) is 7.73. The summed E-state index contributed by atoms with van der Waals surface area (Å²) in [5.74, 6) is 0.0943. The molecule has 0 spiro atoms. The van der Waals surface area contributed by atoms with Gasteiger partial charge in [-0.05, 0) is 12.1 Å². The molecular formula is C13H12FN5. The van der Waals surface area contributed by atoms with Gasteiger partial charge in [-0.25, -0.2) is 14.4 Å². The molecule has 3 rings (SSSR count). The first-order chi connectivity index (χ1) is 9.19.